The monoisotopic (exact) mass is 328 g/mol. The van der Waals surface area contributed by atoms with Crippen LogP contribution in [-0.4, -0.2) is 47.0 Å². The lowest BCUT2D eigenvalue weighted by Crippen LogP contribution is -2.58. The van der Waals surface area contributed by atoms with Crippen LogP contribution in [0, 0.1) is 0 Å². The Labute approximate surface area is 120 Å². The molecule has 1 saturated heterocycles. The van der Waals surface area contributed by atoms with Gasteiger partial charge in [-0.2, -0.15) is 0 Å². The molecule has 19 heavy (non-hydrogen) atoms. The quantitative estimate of drug-likeness (QED) is 0.830. The number of piperazine rings is 1. The zero-order chi connectivity index (χ0) is 14.0. The lowest BCUT2D eigenvalue weighted by molar-refractivity contribution is -0.122. The maximum absolute atomic E-state index is 12.6. The fourth-order valence-corrected chi connectivity index (χ4v) is 2.73. The Balaban J connectivity index is 2.28. The van der Waals surface area contributed by atoms with E-state index in [1.54, 1.807) is 11.0 Å². The molecule has 3 N–H and O–H groups in total. The fraction of sp³-hybridized carbons (Fsp3) is 0.500. The van der Waals surface area contributed by atoms with Gasteiger partial charge < -0.3 is 20.5 Å². The number of nitrogens with one attached hydrogen (secondary N) is 1. The summed E-state index contributed by atoms with van der Waals surface area (Å²) < 4.78 is 2.70. The molecule has 2 amide bonds. The van der Waals surface area contributed by atoms with E-state index in [-0.39, 0.29) is 5.91 Å². The number of primary amides is 1. The number of hydrogen-bond donors (Lipinski definition) is 2. The zero-order valence-corrected chi connectivity index (χ0v) is 12.3. The van der Waals surface area contributed by atoms with Gasteiger partial charge in [0.05, 0.1) is 0 Å². The number of rotatable bonds is 3. The van der Waals surface area contributed by atoms with Crippen LogP contribution in [0.1, 0.15) is 17.4 Å². The van der Waals surface area contributed by atoms with E-state index in [2.05, 4.69) is 21.2 Å². The highest BCUT2D eigenvalue weighted by molar-refractivity contribution is 9.10. The fourth-order valence-electron chi connectivity index (χ4n) is 2.26. The number of amides is 2. The number of carbonyl (C=O) groups excluding carboxylic acids is 2. The van der Waals surface area contributed by atoms with Gasteiger partial charge in [0, 0.05) is 36.8 Å². The van der Waals surface area contributed by atoms with Gasteiger partial charge in [0.25, 0.3) is 5.91 Å². The zero-order valence-electron chi connectivity index (χ0n) is 10.7. The number of halogens is 1. The molecule has 1 aliphatic rings. The van der Waals surface area contributed by atoms with Gasteiger partial charge in [-0.3, -0.25) is 9.59 Å². The Kier molecular flexibility index (Phi) is 4.26. The van der Waals surface area contributed by atoms with Crippen molar-refractivity contribution < 1.29 is 9.59 Å². The molecule has 1 fully saturated rings. The summed E-state index contributed by atoms with van der Waals surface area (Å²) in [4.78, 5) is 25.5. The summed E-state index contributed by atoms with van der Waals surface area (Å²) in [5, 5.41) is 3.08. The first-order chi connectivity index (χ1) is 9.04. The van der Waals surface area contributed by atoms with E-state index in [4.69, 9.17) is 5.73 Å². The minimum absolute atomic E-state index is 0.155. The third kappa shape index (κ3) is 2.82. The molecule has 1 aliphatic heterocycles. The normalized spacial score (nSPS) is 19.5. The van der Waals surface area contributed by atoms with Gasteiger partial charge >= 0.3 is 0 Å². The summed E-state index contributed by atoms with van der Waals surface area (Å²) in [6.07, 6.45) is 1.86. The minimum atomic E-state index is -0.583. The summed E-state index contributed by atoms with van der Waals surface area (Å²) in [5.41, 5.74) is 5.93. The van der Waals surface area contributed by atoms with E-state index in [1.165, 1.54) is 0 Å². The summed E-state index contributed by atoms with van der Waals surface area (Å²) >= 11 is 3.36. The molecule has 1 aromatic rings. The predicted molar refractivity (Wildman–Crippen MR) is 74.7 cm³/mol. The molecule has 2 rings (SSSR count). The maximum Gasteiger partial charge on any atom is 0.271 e. The largest absolute Gasteiger partial charge is 0.368 e. The molecule has 1 aromatic heterocycles. The number of nitrogens with two attached hydrogens (primary N) is 1. The summed E-state index contributed by atoms with van der Waals surface area (Å²) in [6, 6.07) is 1.19. The van der Waals surface area contributed by atoms with E-state index in [0.717, 1.165) is 4.47 Å². The van der Waals surface area contributed by atoms with Crippen molar-refractivity contribution in [1.29, 1.82) is 0 Å². The number of nitrogens with zero attached hydrogens (tertiary/aromatic N) is 2. The van der Waals surface area contributed by atoms with Crippen molar-refractivity contribution in [2.45, 2.75) is 19.5 Å². The molecule has 0 radical (unpaired) electrons. The van der Waals surface area contributed by atoms with Crippen LogP contribution >= 0.6 is 15.9 Å². The predicted octanol–water partition coefficient (Wildman–Crippen LogP) is 0.170. The van der Waals surface area contributed by atoms with E-state index in [1.807, 2.05) is 17.7 Å². The van der Waals surface area contributed by atoms with Gasteiger partial charge in [-0.15, -0.1) is 0 Å². The smallest absolute Gasteiger partial charge is 0.271 e. The lowest BCUT2D eigenvalue weighted by Gasteiger charge is -2.34. The van der Waals surface area contributed by atoms with Crippen molar-refractivity contribution in [1.82, 2.24) is 14.8 Å². The van der Waals surface area contributed by atoms with Gasteiger partial charge in [0.1, 0.15) is 11.7 Å². The van der Waals surface area contributed by atoms with Crippen molar-refractivity contribution in [2.75, 3.05) is 19.6 Å². The Morgan fingerprint density at radius 1 is 1.58 bits per heavy atom. The van der Waals surface area contributed by atoms with Gasteiger partial charge in [0.2, 0.25) is 5.91 Å². The van der Waals surface area contributed by atoms with Gasteiger partial charge in [-0.1, -0.05) is 0 Å². The topological polar surface area (TPSA) is 80.4 Å². The molecule has 6 nitrogen and oxygen atoms in total. The number of aromatic nitrogens is 1. The molecule has 1 unspecified atom stereocenters. The van der Waals surface area contributed by atoms with Crippen LogP contribution in [0.25, 0.3) is 0 Å². The maximum atomic E-state index is 12.6. The van der Waals surface area contributed by atoms with Crippen LogP contribution in [0.15, 0.2) is 16.7 Å². The first kappa shape index (κ1) is 14.1. The number of aryl methyl sites for hydroxylation is 1. The number of hydrogen-bond acceptors (Lipinski definition) is 3. The van der Waals surface area contributed by atoms with Crippen LogP contribution in [0.5, 0.6) is 0 Å². The standard InChI is InChI=1S/C12H17BrN4O2/c1-2-16-7-8(13)5-9(16)12(19)17-4-3-15-6-10(17)11(14)18/h5,7,10,15H,2-4,6H2,1H3,(H2,14,18). The highest BCUT2D eigenvalue weighted by atomic mass is 79.9. The van der Waals surface area contributed by atoms with Crippen LogP contribution < -0.4 is 11.1 Å². The molecular formula is C12H17BrN4O2. The molecule has 0 aromatic carbocycles. The van der Waals surface area contributed by atoms with Gasteiger partial charge in [-0.25, -0.2) is 0 Å². The minimum Gasteiger partial charge on any atom is -0.368 e. The molecule has 0 saturated carbocycles. The Bertz CT molecular complexity index is 500. The van der Waals surface area contributed by atoms with E-state index in [9.17, 15) is 9.59 Å². The molecular weight excluding hydrogens is 312 g/mol. The van der Waals surface area contributed by atoms with Crippen molar-refractivity contribution >= 4 is 27.7 Å². The lowest BCUT2D eigenvalue weighted by atomic mass is 10.1. The average molecular weight is 329 g/mol. The third-order valence-corrected chi connectivity index (χ3v) is 3.69. The highest BCUT2D eigenvalue weighted by Gasteiger charge is 2.32. The van der Waals surface area contributed by atoms with Crippen LogP contribution in [0.2, 0.25) is 0 Å². The Morgan fingerprint density at radius 2 is 2.32 bits per heavy atom. The third-order valence-electron chi connectivity index (χ3n) is 3.26. The van der Waals surface area contributed by atoms with E-state index >= 15 is 0 Å². The summed E-state index contributed by atoms with van der Waals surface area (Å²) in [7, 11) is 0. The number of carbonyl (C=O) groups is 2. The van der Waals surface area contributed by atoms with Crippen LogP contribution in [-0.2, 0) is 11.3 Å². The van der Waals surface area contributed by atoms with Crippen molar-refractivity contribution in [3.63, 3.8) is 0 Å². The summed E-state index contributed by atoms with van der Waals surface area (Å²) in [5.74, 6) is -0.632. The first-order valence-electron chi connectivity index (χ1n) is 6.21. The average Bonchev–Trinajstić information content (AvgIpc) is 2.79. The highest BCUT2D eigenvalue weighted by Crippen LogP contribution is 2.18. The molecule has 0 aliphatic carbocycles. The Morgan fingerprint density at radius 3 is 2.95 bits per heavy atom. The van der Waals surface area contributed by atoms with E-state index < -0.39 is 11.9 Å². The summed E-state index contributed by atoms with van der Waals surface area (Å²) in [6.45, 7) is 4.23. The van der Waals surface area contributed by atoms with Crippen molar-refractivity contribution in [3.05, 3.63) is 22.4 Å². The molecule has 104 valence electrons. The van der Waals surface area contributed by atoms with Crippen LogP contribution in [0.3, 0.4) is 0 Å². The molecule has 0 spiro atoms. The SMILES string of the molecule is CCn1cc(Br)cc1C(=O)N1CCNCC1C(N)=O. The second-order valence-electron chi connectivity index (χ2n) is 4.45. The van der Waals surface area contributed by atoms with E-state index in [0.29, 0.717) is 31.9 Å². The first-order valence-corrected chi connectivity index (χ1v) is 7.00. The molecule has 7 heteroatoms. The van der Waals surface area contributed by atoms with Crippen molar-refractivity contribution in [2.24, 2.45) is 5.73 Å². The molecule has 2 heterocycles. The van der Waals surface area contributed by atoms with Gasteiger partial charge in [-0.05, 0) is 28.9 Å². The molecule has 0 bridgehead atoms. The Hall–Kier alpha value is -1.34. The van der Waals surface area contributed by atoms with Gasteiger partial charge in [0.15, 0.2) is 0 Å². The van der Waals surface area contributed by atoms with Crippen LogP contribution in [0.4, 0.5) is 0 Å². The van der Waals surface area contributed by atoms with Crippen molar-refractivity contribution in [3.8, 4) is 0 Å². The molecule has 1 atom stereocenters. The second-order valence-corrected chi connectivity index (χ2v) is 5.37. The second kappa shape index (κ2) is 5.75.